The Hall–Kier alpha value is -2.82. The molecule has 4 nitrogen and oxygen atoms in total. The van der Waals surface area contributed by atoms with E-state index >= 15 is 0 Å². The molecule has 2 aromatic carbocycles. The summed E-state index contributed by atoms with van der Waals surface area (Å²) in [6.07, 6.45) is 2.17. The SMILES string of the molecule is O=Cc1cc(F)ccc1-c1cnnn1-c1ccccc1. The Morgan fingerprint density at radius 1 is 1.10 bits per heavy atom. The van der Waals surface area contributed by atoms with E-state index < -0.39 is 5.82 Å². The molecule has 0 unspecified atom stereocenters. The molecule has 98 valence electrons. The number of rotatable bonds is 3. The van der Waals surface area contributed by atoms with Crippen LogP contribution in [0.25, 0.3) is 16.9 Å². The molecular weight excluding hydrogens is 257 g/mol. The van der Waals surface area contributed by atoms with Crippen LogP contribution in [0.2, 0.25) is 0 Å². The lowest BCUT2D eigenvalue weighted by molar-refractivity contribution is 0.112. The van der Waals surface area contributed by atoms with Gasteiger partial charge in [0.05, 0.1) is 17.6 Å². The summed E-state index contributed by atoms with van der Waals surface area (Å²) in [5, 5.41) is 7.89. The highest BCUT2D eigenvalue weighted by molar-refractivity contribution is 5.86. The zero-order valence-electron chi connectivity index (χ0n) is 10.4. The van der Waals surface area contributed by atoms with Gasteiger partial charge in [-0.1, -0.05) is 23.4 Å². The Labute approximate surface area is 114 Å². The molecule has 0 atom stereocenters. The average molecular weight is 267 g/mol. The van der Waals surface area contributed by atoms with Crippen molar-refractivity contribution in [1.29, 1.82) is 0 Å². The Morgan fingerprint density at radius 2 is 1.90 bits per heavy atom. The van der Waals surface area contributed by atoms with Gasteiger partial charge in [-0.3, -0.25) is 4.79 Å². The van der Waals surface area contributed by atoms with Crippen LogP contribution in [0, 0.1) is 5.82 Å². The zero-order valence-corrected chi connectivity index (χ0v) is 10.4. The predicted octanol–water partition coefficient (Wildman–Crippen LogP) is 2.89. The number of benzene rings is 2. The summed E-state index contributed by atoms with van der Waals surface area (Å²) >= 11 is 0. The number of carbonyl (C=O) groups is 1. The summed E-state index contributed by atoms with van der Waals surface area (Å²) < 4.78 is 14.8. The van der Waals surface area contributed by atoms with Crippen LogP contribution in [0.1, 0.15) is 10.4 Å². The highest BCUT2D eigenvalue weighted by Crippen LogP contribution is 2.24. The van der Waals surface area contributed by atoms with Crippen LogP contribution < -0.4 is 0 Å². The van der Waals surface area contributed by atoms with E-state index in [4.69, 9.17) is 0 Å². The quantitative estimate of drug-likeness (QED) is 0.685. The first-order valence-corrected chi connectivity index (χ1v) is 6.01. The smallest absolute Gasteiger partial charge is 0.150 e. The predicted molar refractivity (Wildman–Crippen MR) is 72.1 cm³/mol. The van der Waals surface area contributed by atoms with Crippen molar-refractivity contribution < 1.29 is 9.18 Å². The molecule has 3 rings (SSSR count). The fraction of sp³-hybridized carbons (Fsp3) is 0. The van der Waals surface area contributed by atoms with Crippen LogP contribution >= 0.6 is 0 Å². The minimum Gasteiger partial charge on any atom is -0.298 e. The number of hydrogen-bond donors (Lipinski definition) is 0. The first-order chi connectivity index (χ1) is 9.79. The molecule has 0 aliphatic carbocycles. The third-order valence-corrected chi connectivity index (χ3v) is 2.97. The zero-order chi connectivity index (χ0) is 13.9. The van der Waals surface area contributed by atoms with Gasteiger partial charge in [-0.2, -0.15) is 0 Å². The van der Waals surface area contributed by atoms with Gasteiger partial charge in [-0.25, -0.2) is 9.07 Å². The second-order valence-electron chi connectivity index (χ2n) is 4.22. The Balaban J connectivity index is 2.18. The number of aromatic nitrogens is 3. The van der Waals surface area contributed by atoms with Gasteiger partial charge in [0.1, 0.15) is 5.82 Å². The first kappa shape index (κ1) is 12.2. The highest BCUT2D eigenvalue weighted by Gasteiger charge is 2.12. The van der Waals surface area contributed by atoms with Crippen molar-refractivity contribution in [2.24, 2.45) is 0 Å². The molecule has 0 spiro atoms. The van der Waals surface area contributed by atoms with E-state index in [1.807, 2.05) is 30.3 Å². The normalized spacial score (nSPS) is 10.4. The molecule has 3 aromatic rings. The molecule has 20 heavy (non-hydrogen) atoms. The Kier molecular flexibility index (Phi) is 3.09. The van der Waals surface area contributed by atoms with Gasteiger partial charge >= 0.3 is 0 Å². The van der Waals surface area contributed by atoms with Crippen molar-refractivity contribution >= 4 is 6.29 Å². The fourth-order valence-corrected chi connectivity index (χ4v) is 2.04. The highest BCUT2D eigenvalue weighted by atomic mass is 19.1. The monoisotopic (exact) mass is 267 g/mol. The van der Waals surface area contributed by atoms with Gasteiger partial charge in [-0.05, 0) is 30.3 Å². The standard InChI is InChI=1S/C15H10FN3O/c16-12-6-7-14(11(8-12)10-20)15-9-17-18-19(15)13-4-2-1-3-5-13/h1-10H. The number of carbonyl (C=O) groups excluding carboxylic acids is 1. The molecular formula is C15H10FN3O. The van der Waals surface area contributed by atoms with Crippen LogP contribution in [0.15, 0.2) is 54.7 Å². The fourth-order valence-electron chi connectivity index (χ4n) is 2.04. The molecule has 0 aliphatic rings. The van der Waals surface area contributed by atoms with E-state index in [9.17, 15) is 9.18 Å². The Morgan fingerprint density at radius 3 is 2.65 bits per heavy atom. The number of nitrogens with zero attached hydrogens (tertiary/aromatic N) is 3. The van der Waals surface area contributed by atoms with E-state index in [-0.39, 0.29) is 5.56 Å². The summed E-state index contributed by atoms with van der Waals surface area (Å²) in [7, 11) is 0. The lowest BCUT2D eigenvalue weighted by Gasteiger charge is -2.08. The van der Waals surface area contributed by atoms with Crippen molar-refractivity contribution in [3.8, 4) is 16.9 Å². The largest absolute Gasteiger partial charge is 0.298 e. The topological polar surface area (TPSA) is 47.8 Å². The molecule has 1 aromatic heterocycles. The van der Waals surface area contributed by atoms with Gasteiger partial charge in [0.25, 0.3) is 0 Å². The number of aldehydes is 1. The molecule has 0 amide bonds. The molecule has 0 aliphatic heterocycles. The first-order valence-electron chi connectivity index (χ1n) is 6.01. The van der Waals surface area contributed by atoms with Crippen LogP contribution in [0.5, 0.6) is 0 Å². The maximum atomic E-state index is 13.2. The van der Waals surface area contributed by atoms with E-state index in [2.05, 4.69) is 10.3 Å². The third-order valence-electron chi connectivity index (χ3n) is 2.97. The molecule has 0 saturated heterocycles. The van der Waals surface area contributed by atoms with Crippen LogP contribution in [0.3, 0.4) is 0 Å². The number of halogens is 1. The van der Waals surface area contributed by atoms with Crippen LogP contribution in [-0.2, 0) is 0 Å². The van der Waals surface area contributed by atoms with E-state index in [0.29, 0.717) is 17.5 Å². The minimum atomic E-state index is -0.449. The van der Waals surface area contributed by atoms with Gasteiger partial charge in [0.15, 0.2) is 6.29 Å². The number of hydrogen-bond acceptors (Lipinski definition) is 3. The minimum absolute atomic E-state index is 0.268. The molecule has 0 radical (unpaired) electrons. The molecule has 5 heteroatoms. The summed E-state index contributed by atoms with van der Waals surface area (Å²) in [6, 6.07) is 13.5. The van der Waals surface area contributed by atoms with E-state index in [1.54, 1.807) is 16.9 Å². The third kappa shape index (κ3) is 2.09. The molecule has 0 saturated carbocycles. The summed E-state index contributed by atoms with van der Waals surface area (Å²) in [5.41, 5.74) is 2.32. The lowest BCUT2D eigenvalue weighted by Crippen LogP contribution is -2.00. The van der Waals surface area contributed by atoms with Crippen molar-refractivity contribution in [1.82, 2.24) is 15.0 Å². The second-order valence-corrected chi connectivity index (χ2v) is 4.22. The van der Waals surface area contributed by atoms with Gasteiger partial charge < -0.3 is 0 Å². The van der Waals surface area contributed by atoms with Gasteiger partial charge in [0, 0.05) is 11.1 Å². The van der Waals surface area contributed by atoms with E-state index in [0.717, 1.165) is 5.69 Å². The maximum Gasteiger partial charge on any atom is 0.150 e. The molecule has 0 fully saturated rings. The van der Waals surface area contributed by atoms with Gasteiger partial charge in [-0.15, -0.1) is 5.10 Å². The van der Waals surface area contributed by atoms with Gasteiger partial charge in [0.2, 0.25) is 0 Å². The van der Waals surface area contributed by atoms with Crippen molar-refractivity contribution in [3.05, 3.63) is 66.1 Å². The second kappa shape index (κ2) is 5.05. The van der Waals surface area contributed by atoms with Crippen molar-refractivity contribution in [2.75, 3.05) is 0 Å². The Bertz CT molecular complexity index is 753. The van der Waals surface area contributed by atoms with E-state index in [1.165, 1.54) is 12.1 Å². The van der Waals surface area contributed by atoms with Crippen molar-refractivity contribution in [3.63, 3.8) is 0 Å². The molecule has 0 N–H and O–H groups in total. The molecule has 0 bridgehead atoms. The summed E-state index contributed by atoms with van der Waals surface area (Å²) in [6.45, 7) is 0. The average Bonchev–Trinajstić information content (AvgIpc) is 2.97. The summed E-state index contributed by atoms with van der Waals surface area (Å²) in [5.74, 6) is -0.449. The molecule has 1 heterocycles. The van der Waals surface area contributed by atoms with Crippen LogP contribution in [-0.4, -0.2) is 21.3 Å². The maximum absolute atomic E-state index is 13.2. The van der Waals surface area contributed by atoms with Crippen molar-refractivity contribution in [2.45, 2.75) is 0 Å². The van der Waals surface area contributed by atoms with Crippen LogP contribution in [0.4, 0.5) is 4.39 Å². The lowest BCUT2D eigenvalue weighted by atomic mass is 10.1. The summed E-state index contributed by atoms with van der Waals surface area (Å²) in [4.78, 5) is 11.1. The number of para-hydroxylation sites is 1.